The second kappa shape index (κ2) is 11.8. The number of hydrogen-bond donors (Lipinski definition) is 3. The van der Waals surface area contributed by atoms with E-state index in [2.05, 4.69) is 10.6 Å². The average Bonchev–Trinajstić information content (AvgIpc) is 3.40. The number of aliphatic carboxylic acids is 1. The highest BCUT2D eigenvalue weighted by molar-refractivity contribution is 5.88. The van der Waals surface area contributed by atoms with Crippen LogP contribution in [0.2, 0.25) is 0 Å². The molecule has 0 radical (unpaired) electrons. The van der Waals surface area contributed by atoms with Gasteiger partial charge in [-0.2, -0.15) is 0 Å². The van der Waals surface area contributed by atoms with Gasteiger partial charge in [0.05, 0.1) is 7.11 Å². The molecule has 4 rings (SSSR count). The molecule has 0 saturated heterocycles. The Bertz CT molecular complexity index is 1260. The van der Waals surface area contributed by atoms with Crippen molar-refractivity contribution in [1.82, 2.24) is 10.6 Å². The van der Waals surface area contributed by atoms with Gasteiger partial charge in [0, 0.05) is 25.7 Å². The molecule has 222 valence electrons. The minimum Gasteiger partial charge on any atom is -0.479 e. The van der Waals surface area contributed by atoms with Gasteiger partial charge in [-0.1, -0.05) is 48.5 Å². The lowest BCUT2D eigenvalue weighted by atomic mass is 9.96. The first-order valence-electron chi connectivity index (χ1n) is 13.5. The summed E-state index contributed by atoms with van der Waals surface area (Å²) >= 11 is 0. The Hall–Kier alpha value is -4.08. The number of ether oxygens (including phenoxy) is 3. The average molecular weight is 569 g/mol. The Balaban J connectivity index is 0.000000226. The number of rotatable bonds is 4. The van der Waals surface area contributed by atoms with E-state index in [4.69, 9.17) is 14.2 Å². The second-order valence-corrected chi connectivity index (χ2v) is 12.5. The van der Waals surface area contributed by atoms with Gasteiger partial charge in [0.25, 0.3) is 0 Å². The molecule has 0 bridgehead atoms. The van der Waals surface area contributed by atoms with E-state index in [9.17, 15) is 24.3 Å². The predicted octanol–water partition coefficient (Wildman–Crippen LogP) is 4.36. The van der Waals surface area contributed by atoms with Crippen LogP contribution in [0, 0.1) is 0 Å². The lowest BCUT2D eigenvalue weighted by Crippen LogP contribution is -2.56. The first-order chi connectivity index (χ1) is 19.0. The number of nitrogens with one attached hydrogen (secondary N) is 2. The van der Waals surface area contributed by atoms with Crippen LogP contribution < -0.4 is 10.6 Å². The Labute approximate surface area is 240 Å². The molecular weight excluding hydrogens is 528 g/mol. The fourth-order valence-electron chi connectivity index (χ4n) is 5.00. The summed E-state index contributed by atoms with van der Waals surface area (Å²) in [5.41, 5.74) is 0.310. The summed E-state index contributed by atoms with van der Waals surface area (Å²) in [7, 11) is 1.32. The van der Waals surface area contributed by atoms with Crippen molar-refractivity contribution in [3.05, 3.63) is 70.8 Å². The number of carbonyl (C=O) groups excluding carboxylic acids is 3. The number of carbonyl (C=O) groups is 4. The van der Waals surface area contributed by atoms with Gasteiger partial charge in [-0.15, -0.1) is 0 Å². The van der Waals surface area contributed by atoms with Crippen LogP contribution in [-0.2, 0) is 49.5 Å². The Morgan fingerprint density at radius 1 is 0.659 bits per heavy atom. The third-order valence-electron chi connectivity index (χ3n) is 6.67. The van der Waals surface area contributed by atoms with Crippen molar-refractivity contribution < 1.29 is 38.5 Å². The molecule has 0 saturated carbocycles. The van der Waals surface area contributed by atoms with Crippen molar-refractivity contribution in [3.63, 3.8) is 0 Å². The topological polar surface area (TPSA) is 140 Å². The van der Waals surface area contributed by atoms with Crippen molar-refractivity contribution in [3.8, 4) is 0 Å². The highest BCUT2D eigenvalue weighted by Gasteiger charge is 2.47. The molecule has 2 aliphatic rings. The van der Waals surface area contributed by atoms with Crippen LogP contribution in [0.4, 0.5) is 9.59 Å². The highest BCUT2D eigenvalue weighted by Crippen LogP contribution is 2.32. The zero-order valence-corrected chi connectivity index (χ0v) is 24.8. The molecule has 0 aromatic heterocycles. The molecule has 10 nitrogen and oxygen atoms in total. The fourth-order valence-corrected chi connectivity index (χ4v) is 5.00. The summed E-state index contributed by atoms with van der Waals surface area (Å²) in [6.07, 6.45) is 0.0630. The number of carboxylic acid groups (broad SMARTS) is 1. The van der Waals surface area contributed by atoms with Gasteiger partial charge >= 0.3 is 24.1 Å². The number of methoxy groups -OCH3 is 1. The van der Waals surface area contributed by atoms with Crippen LogP contribution in [0.15, 0.2) is 48.5 Å². The summed E-state index contributed by atoms with van der Waals surface area (Å²) in [6.45, 7) is 10.6. The molecule has 0 unspecified atom stereocenters. The summed E-state index contributed by atoms with van der Waals surface area (Å²) in [5, 5.41) is 14.8. The van der Waals surface area contributed by atoms with E-state index in [-0.39, 0.29) is 12.8 Å². The maximum absolute atomic E-state index is 12.2. The molecule has 0 heterocycles. The van der Waals surface area contributed by atoms with E-state index in [1.165, 1.54) is 7.11 Å². The minimum absolute atomic E-state index is 0.276. The monoisotopic (exact) mass is 568 g/mol. The first kappa shape index (κ1) is 31.4. The summed E-state index contributed by atoms with van der Waals surface area (Å²) < 4.78 is 15.3. The predicted molar refractivity (Wildman–Crippen MR) is 152 cm³/mol. The summed E-state index contributed by atoms with van der Waals surface area (Å²) in [4.78, 5) is 47.8. The number of carboxylic acids is 1. The molecule has 2 aromatic carbocycles. The molecule has 2 aliphatic carbocycles. The molecule has 3 N–H and O–H groups in total. The van der Waals surface area contributed by atoms with Gasteiger partial charge in [-0.25, -0.2) is 19.2 Å². The zero-order valence-electron chi connectivity index (χ0n) is 24.8. The van der Waals surface area contributed by atoms with E-state index >= 15 is 0 Å². The third-order valence-corrected chi connectivity index (χ3v) is 6.67. The van der Waals surface area contributed by atoms with Gasteiger partial charge in [-0.3, -0.25) is 0 Å². The van der Waals surface area contributed by atoms with Crippen molar-refractivity contribution >= 4 is 24.1 Å². The number of fused-ring (bicyclic) bond motifs is 2. The summed E-state index contributed by atoms with van der Waals surface area (Å²) in [6, 6.07) is 15.2. The number of amides is 2. The molecule has 0 atom stereocenters. The molecule has 0 spiro atoms. The normalized spacial score (nSPS) is 16.2. The van der Waals surface area contributed by atoms with Crippen molar-refractivity contribution in [1.29, 1.82) is 0 Å². The van der Waals surface area contributed by atoms with E-state index < -0.39 is 46.4 Å². The lowest BCUT2D eigenvalue weighted by Gasteiger charge is -2.29. The molecule has 2 aromatic rings. The first-order valence-corrected chi connectivity index (χ1v) is 13.5. The third kappa shape index (κ3) is 7.99. The Kier molecular flexibility index (Phi) is 9.05. The number of hydrogen-bond acceptors (Lipinski definition) is 7. The number of benzene rings is 2. The lowest BCUT2D eigenvalue weighted by molar-refractivity contribution is -0.148. The molecule has 41 heavy (non-hydrogen) atoms. The number of esters is 1. The zero-order chi connectivity index (χ0) is 30.6. The molecule has 10 heteroatoms. The van der Waals surface area contributed by atoms with Crippen LogP contribution in [-0.4, -0.2) is 58.6 Å². The standard InChI is InChI=1S/C16H21NO4.C15H19NO4/c1-15(2,3)21-14(19)17-16(13(18)20-4)9-11-7-5-6-8-12(11)10-16;1-14(2,3)20-13(19)16-15(12(17)18)8-10-6-4-5-7-11(10)9-15/h5-8H,9-10H2,1-4H3,(H,17,19);4-7H,8-9H2,1-3H3,(H,16,19)(H,17,18). The van der Waals surface area contributed by atoms with E-state index in [1.54, 1.807) is 41.5 Å². The van der Waals surface area contributed by atoms with Crippen LogP contribution >= 0.6 is 0 Å². The van der Waals surface area contributed by atoms with Gasteiger partial charge in [0.2, 0.25) is 0 Å². The SMILES string of the molecule is CC(C)(C)OC(=O)NC1(C(=O)O)Cc2ccccc2C1.COC(=O)C1(NC(=O)OC(C)(C)C)Cc2ccccc2C1. The quantitative estimate of drug-likeness (QED) is 0.365. The van der Waals surface area contributed by atoms with Gasteiger partial charge in [0.1, 0.15) is 22.3 Å². The molecular formula is C31H40N2O8. The summed E-state index contributed by atoms with van der Waals surface area (Å²) in [5.74, 6) is -1.50. The van der Waals surface area contributed by atoms with Crippen LogP contribution in [0.1, 0.15) is 63.8 Å². The molecule has 0 fully saturated rings. The fraction of sp³-hybridized carbons (Fsp3) is 0.484. The largest absolute Gasteiger partial charge is 0.479 e. The number of alkyl carbamates (subject to hydrolysis) is 2. The minimum atomic E-state index is -1.31. The van der Waals surface area contributed by atoms with Crippen LogP contribution in [0.5, 0.6) is 0 Å². The Morgan fingerprint density at radius 3 is 1.27 bits per heavy atom. The maximum Gasteiger partial charge on any atom is 0.408 e. The Morgan fingerprint density at radius 2 is 0.976 bits per heavy atom. The van der Waals surface area contributed by atoms with E-state index in [1.807, 2.05) is 48.5 Å². The molecule has 2 amide bonds. The van der Waals surface area contributed by atoms with Gasteiger partial charge < -0.3 is 30.0 Å². The van der Waals surface area contributed by atoms with Crippen molar-refractivity contribution in [2.24, 2.45) is 0 Å². The van der Waals surface area contributed by atoms with E-state index in [0.717, 1.165) is 22.3 Å². The smallest absolute Gasteiger partial charge is 0.408 e. The van der Waals surface area contributed by atoms with Crippen LogP contribution in [0.25, 0.3) is 0 Å². The highest BCUT2D eigenvalue weighted by atomic mass is 16.6. The second-order valence-electron chi connectivity index (χ2n) is 12.5. The maximum atomic E-state index is 12.2. The van der Waals surface area contributed by atoms with Crippen molar-refractivity contribution in [2.45, 2.75) is 89.5 Å². The van der Waals surface area contributed by atoms with Crippen molar-refractivity contribution in [2.75, 3.05) is 7.11 Å². The van der Waals surface area contributed by atoms with Gasteiger partial charge in [0.15, 0.2) is 0 Å². The molecule has 0 aliphatic heterocycles. The van der Waals surface area contributed by atoms with Crippen LogP contribution in [0.3, 0.4) is 0 Å². The van der Waals surface area contributed by atoms with Gasteiger partial charge in [-0.05, 0) is 63.8 Å². The van der Waals surface area contributed by atoms with E-state index in [0.29, 0.717) is 12.8 Å².